The molecular formula is C11H19BrO3S. The lowest BCUT2D eigenvalue weighted by molar-refractivity contribution is 0.0825. The van der Waals surface area contributed by atoms with Crippen LogP contribution >= 0.6 is 15.9 Å². The summed E-state index contributed by atoms with van der Waals surface area (Å²) >= 11 is 3.47. The zero-order valence-corrected chi connectivity index (χ0v) is 11.8. The third kappa shape index (κ3) is 3.70. The summed E-state index contributed by atoms with van der Waals surface area (Å²) in [6.45, 7) is 1.57. The number of halogens is 1. The van der Waals surface area contributed by atoms with E-state index in [0.29, 0.717) is 29.9 Å². The molecule has 0 aromatic carbocycles. The highest BCUT2D eigenvalue weighted by Crippen LogP contribution is 2.31. The SMILES string of the molecule is O=S1(=O)CCC(C(CBr)COCC2CC2)C1. The molecular weight excluding hydrogens is 292 g/mol. The molecule has 1 saturated carbocycles. The van der Waals surface area contributed by atoms with E-state index < -0.39 is 9.84 Å². The molecule has 0 radical (unpaired) electrons. The Morgan fingerprint density at radius 1 is 1.31 bits per heavy atom. The molecule has 94 valence electrons. The van der Waals surface area contributed by atoms with Gasteiger partial charge in [-0.25, -0.2) is 8.42 Å². The molecule has 1 aliphatic heterocycles. The van der Waals surface area contributed by atoms with E-state index in [0.717, 1.165) is 24.3 Å². The first-order chi connectivity index (χ1) is 7.61. The lowest BCUT2D eigenvalue weighted by Gasteiger charge is -2.20. The first-order valence-electron chi connectivity index (χ1n) is 5.95. The zero-order valence-electron chi connectivity index (χ0n) is 9.40. The Kier molecular flexibility index (Phi) is 4.30. The fourth-order valence-corrected chi connectivity index (χ4v) is 4.81. The molecule has 3 nitrogen and oxygen atoms in total. The van der Waals surface area contributed by atoms with Crippen LogP contribution in [0.4, 0.5) is 0 Å². The minimum atomic E-state index is -2.76. The number of sulfone groups is 1. The van der Waals surface area contributed by atoms with E-state index in [4.69, 9.17) is 4.74 Å². The minimum absolute atomic E-state index is 0.295. The monoisotopic (exact) mass is 310 g/mol. The van der Waals surface area contributed by atoms with Crippen molar-refractivity contribution in [3.63, 3.8) is 0 Å². The number of alkyl halides is 1. The number of hydrogen-bond acceptors (Lipinski definition) is 3. The van der Waals surface area contributed by atoms with Crippen molar-refractivity contribution in [1.82, 2.24) is 0 Å². The molecule has 0 amide bonds. The van der Waals surface area contributed by atoms with Crippen LogP contribution in [0.2, 0.25) is 0 Å². The summed E-state index contributed by atoms with van der Waals surface area (Å²) < 4.78 is 28.5. The van der Waals surface area contributed by atoms with Crippen molar-refractivity contribution in [2.24, 2.45) is 17.8 Å². The Labute approximate surface area is 106 Å². The Hall–Kier alpha value is 0.390. The van der Waals surface area contributed by atoms with Crippen LogP contribution in [0, 0.1) is 17.8 Å². The van der Waals surface area contributed by atoms with Crippen LogP contribution in [-0.2, 0) is 14.6 Å². The molecule has 5 heteroatoms. The zero-order chi connectivity index (χ0) is 11.6. The van der Waals surface area contributed by atoms with E-state index in [9.17, 15) is 8.42 Å². The normalized spacial score (nSPS) is 30.4. The largest absolute Gasteiger partial charge is 0.381 e. The van der Waals surface area contributed by atoms with Crippen LogP contribution in [0.1, 0.15) is 19.3 Å². The van der Waals surface area contributed by atoms with E-state index in [1.807, 2.05) is 0 Å². The molecule has 0 spiro atoms. The van der Waals surface area contributed by atoms with Gasteiger partial charge in [-0.1, -0.05) is 15.9 Å². The first-order valence-corrected chi connectivity index (χ1v) is 8.89. The van der Waals surface area contributed by atoms with Gasteiger partial charge < -0.3 is 4.74 Å². The summed E-state index contributed by atoms with van der Waals surface area (Å²) in [6, 6.07) is 0. The molecule has 2 rings (SSSR count). The number of hydrogen-bond donors (Lipinski definition) is 0. The molecule has 0 aromatic rings. The van der Waals surface area contributed by atoms with Crippen LogP contribution in [0.15, 0.2) is 0 Å². The molecule has 2 atom stereocenters. The second-order valence-corrected chi connectivity index (χ2v) is 7.93. The molecule has 2 unspecified atom stereocenters. The molecule has 2 fully saturated rings. The average molecular weight is 311 g/mol. The van der Waals surface area contributed by atoms with Crippen molar-refractivity contribution < 1.29 is 13.2 Å². The predicted molar refractivity (Wildman–Crippen MR) is 67.6 cm³/mol. The van der Waals surface area contributed by atoms with Gasteiger partial charge >= 0.3 is 0 Å². The van der Waals surface area contributed by atoms with Crippen molar-refractivity contribution in [1.29, 1.82) is 0 Å². The van der Waals surface area contributed by atoms with Gasteiger partial charge in [-0.3, -0.25) is 0 Å². The molecule has 2 aliphatic rings. The van der Waals surface area contributed by atoms with Crippen molar-refractivity contribution in [2.45, 2.75) is 19.3 Å². The van der Waals surface area contributed by atoms with Gasteiger partial charge in [0, 0.05) is 11.9 Å². The van der Waals surface area contributed by atoms with Crippen LogP contribution in [0.25, 0.3) is 0 Å². The highest BCUT2D eigenvalue weighted by molar-refractivity contribution is 9.09. The summed E-state index contributed by atoms with van der Waals surface area (Å²) in [4.78, 5) is 0. The van der Waals surface area contributed by atoms with Crippen LogP contribution in [-0.4, -0.2) is 38.5 Å². The third-order valence-corrected chi connectivity index (χ3v) is 6.14. The van der Waals surface area contributed by atoms with E-state index >= 15 is 0 Å². The van der Waals surface area contributed by atoms with Gasteiger partial charge in [0.15, 0.2) is 9.84 Å². The molecule has 0 N–H and O–H groups in total. The Morgan fingerprint density at radius 3 is 2.56 bits per heavy atom. The van der Waals surface area contributed by atoms with Crippen LogP contribution < -0.4 is 0 Å². The minimum Gasteiger partial charge on any atom is -0.381 e. The Balaban J connectivity index is 1.75. The summed E-state index contributed by atoms with van der Waals surface area (Å²) in [5.41, 5.74) is 0. The lowest BCUT2D eigenvalue weighted by atomic mass is 9.94. The smallest absolute Gasteiger partial charge is 0.150 e. The molecule has 1 heterocycles. The van der Waals surface area contributed by atoms with E-state index in [-0.39, 0.29) is 0 Å². The maximum atomic E-state index is 11.4. The van der Waals surface area contributed by atoms with E-state index in [2.05, 4.69) is 15.9 Å². The number of rotatable bonds is 6. The highest BCUT2D eigenvalue weighted by Gasteiger charge is 2.33. The average Bonchev–Trinajstić information content (AvgIpc) is 2.98. The molecule has 1 aliphatic carbocycles. The quantitative estimate of drug-likeness (QED) is 0.703. The summed E-state index contributed by atoms with van der Waals surface area (Å²) in [6.07, 6.45) is 3.42. The molecule has 0 bridgehead atoms. The Bertz CT molecular complexity index is 324. The van der Waals surface area contributed by atoms with Crippen molar-refractivity contribution in [3.05, 3.63) is 0 Å². The summed E-state index contributed by atoms with van der Waals surface area (Å²) in [5.74, 6) is 2.16. The predicted octanol–water partition coefficient (Wildman–Crippen LogP) is 1.86. The third-order valence-electron chi connectivity index (χ3n) is 3.51. The summed E-state index contributed by atoms with van der Waals surface area (Å²) in [7, 11) is -2.76. The lowest BCUT2D eigenvalue weighted by Crippen LogP contribution is -2.23. The Morgan fingerprint density at radius 2 is 2.06 bits per heavy atom. The second kappa shape index (κ2) is 5.36. The van der Waals surface area contributed by atoms with E-state index in [1.54, 1.807) is 0 Å². The first kappa shape index (κ1) is 12.8. The van der Waals surface area contributed by atoms with Gasteiger partial charge in [0.2, 0.25) is 0 Å². The van der Waals surface area contributed by atoms with Gasteiger partial charge in [-0.2, -0.15) is 0 Å². The standard InChI is InChI=1S/C11H19BrO3S/c12-5-11(7-15-6-9-1-2-9)10-3-4-16(13,14)8-10/h9-11H,1-8H2. The number of ether oxygens (including phenoxy) is 1. The fourth-order valence-electron chi connectivity index (χ4n) is 2.17. The van der Waals surface area contributed by atoms with E-state index in [1.165, 1.54) is 12.8 Å². The maximum absolute atomic E-state index is 11.4. The summed E-state index contributed by atoms with van der Waals surface area (Å²) in [5, 5.41) is 0.845. The second-order valence-electron chi connectivity index (χ2n) is 5.06. The highest BCUT2D eigenvalue weighted by atomic mass is 79.9. The van der Waals surface area contributed by atoms with Gasteiger partial charge in [-0.05, 0) is 37.0 Å². The van der Waals surface area contributed by atoms with Crippen molar-refractivity contribution in [2.75, 3.05) is 30.0 Å². The van der Waals surface area contributed by atoms with Gasteiger partial charge in [0.25, 0.3) is 0 Å². The maximum Gasteiger partial charge on any atom is 0.150 e. The molecule has 0 aromatic heterocycles. The van der Waals surface area contributed by atoms with Crippen LogP contribution in [0.3, 0.4) is 0 Å². The van der Waals surface area contributed by atoms with Crippen molar-refractivity contribution in [3.8, 4) is 0 Å². The van der Waals surface area contributed by atoms with Crippen LogP contribution in [0.5, 0.6) is 0 Å². The molecule has 16 heavy (non-hydrogen) atoms. The molecule has 1 saturated heterocycles. The van der Waals surface area contributed by atoms with Gasteiger partial charge in [0.1, 0.15) is 0 Å². The fraction of sp³-hybridized carbons (Fsp3) is 1.00. The van der Waals surface area contributed by atoms with Gasteiger partial charge in [0.05, 0.1) is 18.1 Å². The van der Waals surface area contributed by atoms with Gasteiger partial charge in [-0.15, -0.1) is 0 Å². The topological polar surface area (TPSA) is 43.4 Å². The van der Waals surface area contributed by atoms with Crippen molar-refractivity contribution >= 4 is 25.8 Å².